The van der Waals surface area contributed by atoms with Gasteiger partial charge in [-0.1, -0.05) is 15.9 Å². The van der Waals surface area contributed by atoms with E-state index in [-0.39, 0.29) is 0 Å². The minimum atomic E-state index is 0.677. The van der Waals surface area contributed by atoms with Crippen LogP contribution in [0.25, 0.3) is 0 Å². The molecule has 1 aromatic heterocycles. The van der Waals surface area contributed by atoms with E-state index in [9.17, 15) is 0 Å². The lowest BCUT2D eigenvalue weighted by atomic mass is 10.00. The van der Waals surface area contributed by atoms with Gasteiger partial charge in [0.05, 0.1) is 12.7 Å². The Balaban J connectivity index is 2.21. The predicted molar refractivity (Wildman–Crippen MR) is 72.1 cm³/mol. The van der Waals surface area contributed by atoms with Crippen LogP contribution in [-0.4, -0.2) is 35.5 Å². The largest absolute Gasteiger partial charge is 0.481 e. The Labute approximate surface area is 111 Å². The summed E-state index contributed by atoms with van der Waals surface area (Å²) in [5.41, 5.74) is 1.03. The first-order valence-electron chi connectivity index (χ1n) is 5.92. The maximum absolute atomic E-state index is 5.24. The summed E-state index contributed by atoms with van der Waals surface area (Å²) in [5, 5.41) is 1.06. The number of hydrogen-bond donors (Lipinski definition) is 0. The highest BCUT2D eigenvalue weighted by molar-refractivity contribution is 9.09. The molecule has 1 aromatic rings. The average molecular weight is 300 g/mol. The molecule has 1 fully saturated rings. The number of ether oxygens (including phenoxy) is 1. The van der Waals surface area contributed by atoms with E-state index in [0.29, 0.717) is 11.8 Å². The minimum absolute atomic E-state index is 0.677. The number of alkyl halides is 1. The van der Waals surface area contributed by atoms with E-state index in [1.54, 1.807) is 13.4 Å². The summed E-state index contributed by atoms with van der Waals surface area (Å²) >= 11 is 3.57. The number of aromatic nitrogens is 2. The fourth-order valence-electron chi connectivity index (χ4n) is 2.33. The van der Waals surface area contributed by atoms with Gasteiger partial charge in [-0.2, -0.15) is 0 Å². The van der Waals surface area contributed by atoms with Crippen molar-refractivity contribution in [3.8, 4) is 5.88 Å². The first-order chi connectivity index (χ1) is 8.26. The highest BCUT2D eigenvalue weighted by atomic mass is 79.9. The van der Waals surface area contributed by atoms with Crippen LogP contribution in [0.4, 0.5) is 5.82 Å². The van der Waals surface area contributed by atoms with E-state index >= 15 is 0 Å². The number of rotatable bonds is 3. The number of methoxy groups -OCH3 is 1. The summed E-state index contributed by atoms with van der Waals surface area (Å²) in [7, 11) is 1.65. The quantitative estimate of drug-likeness (QED) is 0.804. The summed E-state index contributed by atoms with van der Waals surface area (Å²) in [6, 6.07) is 0. The van der Waals surface area contributed by atoms with Crippen LogP contribution >= 0.6 is 15.9 Å². The van der Waals surface area contributed by atoms with Gasteiger partial charge in [-0.25, -0.2) is 9.97 Å². The van der Waals surface area contributed by atoms with Gasteiger partial charge in [-0.15, -0.1) is 0 Å². The molecule has 0 amide bonds. The van der Waals surface area contributed by atoms with E-state index in [1.807, 2.05) is 6.92 Å². The van der Waals surface area contributed by atoms with Gasteiger partial charge in [0.15, 0.2) is 0 Å². The summed E-state index contributed by atoms with van der Waals surface area (Å²) in [5.74, 6) is 2.41. The summed E-state index contributed by atoms with van der Waals surface area (Å²) < 4.78 is 5.24. The normalized spacial score (nSPS) is 20.4. The zero-order chi connectivity index (χ0) is 12.3. The fraction of sp³-hybridized carbons (Fsp3) is 0.667. The molecule has 0 spiro atoms. The van der Waals surface area contributed by atoms with Crippen molar-refractivity contribution in [3.63, 3.8) is 0 Å². The molecule has 1 saturated heterocycles. The average Bonchev–Trinajstić information content (AvgIpc) is 2.39. The molecular weight excluding hydrogens is 282 g/mol. The standard InChI is InChI=1S/C12H18BrN3O/c1-9-11(14-8-15-12(9)17-2)16-5-3-4-10(6-13)7-16/h8,10H,3-7H2,1-2H3. The molecule has 0 N–H and O–H groups in total. The number of halogens is 1. The van der Waals surface area contributed by atoms with Crippen LogP contribution in [0.15, 0.2) is 6.33 Å². The second kappa shape index (κ2) is 5.67. The Hall–Kier alpha value is -0.840. The molecule has 2 heterocycles. The van der Waals surface area contributed by atoms with Crippen LogP contribution in [0.2, 0.25) is 0 Å². The molecule has 0 radical (unpaired) electrons. The van der Waals surface area contributed by atoms with Gasteiger partial charge in [0.1, 0.15) is 12.1 Å². The third-order valence-electron chi connectivity index (χ3n) is 3.24. The van der Waals surface area contributed by atoms with Crippen molar-refractivity contribution < 1.29 is 4.74 Å². The molecule has 1 unspecified atom stereocenters. The number of nitrogens with zero attached hydrogens (tertiary/aromatic N) is 3. The van der Waals surface area contributed by atoms with Crippen LogP contribution in [-0.2, 0) is 0 Å². The van der Waals surface area contributed by atoms with Crippen molar-refractivity contribution in [1.82, 2.24) is 9.97 Å². The molecule has 0 bridgehead atoms. The van der Waals surface area contributed by atoms with Crippen molar-refractivity contribution in [2.75, 3.05) is 30.4 Å². The van der Waals surface area contributed by atoms with Crippen molar-refractivity contribution in [3.05, 3.63) is 11.9 Å². The van der Waals surface area contributed by atoms with Gasteiger partial charge < -0.3 is 9.64 Å². The minimum Gasteiger partial charge on any atom is -0.481 e. The lowest BCUT2D eigenvalue weighted by molar-refractivity contribution is 0.392. The second-order valence-corrected chi connectivity index (χ2v) is 5.09. The Morgan fingerprint density at radius 3 is 3.06 bits per heavy atom. The van der Waals surface area contributed by atoms with E-state index in [1.165, 1.54) is 12.8 Å². The Morgan fingerprint density at radius 2 is 2.35 bits per heavy atom. The van der Waals surface area contributed by atoms with Gasteiger partial charge >= 0.3 is 0 Å². The third kappa shape index (κ3) is 2.70. The van der Waals surface area contributed by atoms with Crippen LogP contribution in [0.1, 0.15) is 18.4 Å². The molecule has 94 valence electrons. The van der Waals surface area contributed by atoms with Crippen LogP contribution in [0, 0.1) is 12.8 Å². The van der Waals surface area contributed by atoms with E-state index < -0.39 is 0 Å². The highest BCUT2D eigenvalue weighted by Crippen LogP contribution is 2.28. The van der Waals surface area contributed by atoms with Gasteiger partial charge in [0, 0.05) is 18.4 Å². The van der Waals surface area contributed by atoms with Crippen LogP contribution < -0.4 is 9.64 Å². The molecular formula is C12H18BrN3O. The fourth-order valence-corrected chi connectivity index (χ4v) is 2.86. The highest BCUT2D eigenvalue weighted by Gasteiger charge is 2.22. The zero-order valence-electron chi connectivity index (χ0n) is 10.3. The molecule has 0 aromatic carbocycles. The van der Waals surface area contributed by atoms with Crippen molar-refractivity contribution in [2.45, 2.75) is 19.8 Å². The van der Waals surface area contributed by atoms with Gasteiger partial charge in [0.25, 0.3) is 0 Å². The smallest absolute Gasteiger partial charge is 0.221 e. The van der Waals surface area contributed by atoms with E-state index in [4.69, 9.17) is 4.74 Å². The lowest BCUT2D eigenvalue weighted by Gasteiger charge is -2.33. The van der Waals surface area contributed by atoms with Crippen molar-refractivity contribution in [1.29, 1.82) is 0 Å². The van der Waals surface area contributed by atoms with Gasteiger partial charge in [-0.3, -0.25) is 0 Å². The number of anilines is 1. The number of hydrogen-bond acceptors (Lipinski definition) is 4. The van der Waals surface area contributed by atoms with E-state index in [0.717, 1.165) is 29.8 Å². The monoisotopic (exact) mass is 299 g/mol. The van der Waals surface area contributed by atoms with Crippen molar-refractivity contribution in [2.24, 2.45) is 5.92 Å². The van der Waals surface area contributed by atoms with Crippen LogP contribution in [0.3, 0.4) is 0 Å². The van der Waals surface area contributed by atoms with E-state index in [2.05, 4.69) is 30.8 Å². The molecule has 0 aliphatic carbocycles. The Morgan fingerprint density at radius 1 is 1.53 bits per heavy atom. The molecule has 17 heavy (non-hydrogen) atoms. The van der Waals surface area contributed by atoms with Gasteiger partial charge in [-0.05, 0) is 25.7 Å². The summed E-state index contributed by atoms with van der Waals surface area (Å²) in [6.45, 7) is 4.16. The molecule has 0 saturated carbocycles. The molecule has 2 rings (SSSR count). The summed E-state index contributed by atoms with van der Waals surface area (Å²) in [4.78, 5) is 10.9. The molecule has 1 aliphatic heterocycles. The van der Waals surface area contributed by atoms with Gasteiger partial charge in [0.2, 0.25) is 5.88 Å². The molecule has 4 nitrogen and oxygen atoms in total. The SMILES string of the molecule is COc1ncnc(N2CCCC(CBr)C2)c1C. The molecule has 1 atom stereocenters. The topological polar surface area (TPSA) is 38.3 Å². The maximum Gasteiger partial charge on any atom is 0.221 e. The maximum atomic E-state index is 5.24. The lowest BCUT2D eigenvalue weighted by Crippen LogP contribution is -2.37. The first kappa shape index (κ1) is 12.6. The Bertz CT molecular complexity index is 386. The first-order valence-corrected chi connectivity index (χ1v) is 7.05. The third-order valence-corrected chi connectivity index (χ3v) is 4.16. The van der Waals surface area contributed by atoms with Crippen LogP contribution in [0.5, 0.6) is 5.88 Å². The summed E-state index contributed by atoms with van der Waals surface area (Å²) in [6.07, 6.45) is 4.10. The van der Waals surface area contributed by atoms with Crippen molar-refractivity contribution >= 4 is 21.7 Å². The number of piperidine rings is 1. The molecule has 5 heteroatoms. The Kier molecular flexibility index (Phi) is 4.20. The second-order valence-electron chi connectivity index (χ2n) is 4.44. The molecule has 1 aliphatic rings. The predicted octanol–water partition coefficient (Wildman–Crippen LogP) is 2.40. The zero-order valence-corrected chi connectivity index (χ0v) is 11.9.